The van der Waals surface area contributed by atoms with Gasteiger partial charge in [0.2, 0.25) is 5.91 Å². The Morgan fingerprint density at radius 1 is 1.54 bits per heavy atom. The van der Waals surface area contributed by atoms with Crippen LogP contribution in [0, 0.1) is 6.92 Å². The van der Waals surface area contributed by atoms with Crippen LogP contribution in [0.25, 0.3) is 6.08 Å². The fourth-order valence-corrected chi connectivity index (χ4v) is 1.02. The Kier molecular flexibility index (Phi) is 2.69. The highest BCUT2D eigenvalue weighted by molar-refractivity contribution is 5.90. The topological polar surface area (TPSA) is 63.3 Å². The van der Waals surface area contributed by atoms with E-state index in [0.717, 1.165) is 11.1 Å². The fourth-order valence-electron chi connectivity index (χ4n) is 1.02. The molecule has 0 saturated carbocycles. The highest BCUT2D eigenvalue weighted by Crippen LogP contribution is 2.16. The van der Waals surface area contributed by atoms with Crippen molar-refractivity contribution in [2.75, 3.05) is 0 Å². The van der Waals surface area contributed by atoms with E-state index in [2.05, 4.69) is 0 Å². The maximum absolute atomic E-state index is 10.4. The standard InChI is InChI=1S/C10H11NO2/c1-7-6-9(12)4-2-8(7)3-5-10(11)13/h2-6,12H,1H3,(H2,11,13)/b5-3+. The minimum Gasteiger partial charge on any atom is -0.508 e. The molecule has 1 rings (SSSR count). The van der Waals surface area contributed by atoms with Crippen LogP contribution >= 0.6 is 0 Å². The van der Waals surface area contributed by atoms with E-state index in [4.69, 9.17) is 10.8 Å². The first-order chi connectivity index (χ1) is 6.09. The number of rotatable bonds is 2. The first-order valence-corrected chi connectivity index (χ1v) is 3.87. The number of carbonyl (C=O) groups is 1. The molecule has 3 heteroatoms. The number of phenolic OH excluding ortho intramolecular Hbond substituents is 1. The SMILES string of the molecule is Cc1cc(O)ccc1/C=C/C(N)=O. The largest absolute Gasteiger partial charge is 0.508 e. The number of benzene rings is 1. The van der Waals surface area contributed by atoms with Gasteiger partial charge in [-0.3, -0.25) is 4.79 Å². The van der Waals surface area contributed by atoms with Crippen molar-refractivity contribution in [3.05, 3.63) is 35.4 Å². The Morgan fingerprint density at radius 3 is 2.77 bits per heavy atom. The van der Waals surface area contributed by atoms with Gasteiger partial charge in [-0.05, 0) is 36.3 Å². The molecule has 0 aliphatic carbocycles. The maximum Gasteiger partial charge on any atom is 0.241 e. The number of aromatic hydroxyl groups is 1. The van der Waals surface area contributed by atoms with E-state index in [0.29, 0.717) is 0 Å². The molecule has 0 atom stereocenters. The molecule has 0 aliphatic rings. The third-order valence-electron chi connectivity index (χ3n) is 1.68. The lowest BCUT2D eigenvalue weighted by Gasteiger charge is -1.99. The van der Waals surface area contributed by atoms with E-state index in [1.807, 2.05) is 6.92 Å². The summed E-state index contributed by atoms with van der Waals surface area (Å²) in [6.07, 6.45) is 2.91. The van der Waals surface area contributed by atoms with Gasteiger partial charge in [0, 0.05) is 6.08 Å². The third kappa shape index (κ3) is 2.63. The molecule has 0 bridgehead atoms. The molecule has 0 spiro atoms. The molecule has 1 aromatic rings. The lowest BCUT2D eigenvalue weighted by Crippen LogP contribution is -2.05. The van der Waals surface area contributed by atoms with E-state index in [1.54, 1.807) is 24.3 Å². The normalized spacial score (nSPS) is 10.5. The van der Waals surface area contributed by atoms with Gasteiger partial charge < -0.3 is 10.8 Å². The number of amides is 1. The lowest BCUT2D eigenvalue weighted by atomic mass is 10.1. The summed E-state index contributed by atoms with van der Waals surface area (Å²) in [5.41, 5.74) is 6.72. The second kappa shape index (κ2) is 3.76. The van der Waals surface area contributed by atoms with Crippen molar-refractivity contribution in [2.45, 2.75) is 6.92 Å². The minimum absolute atomic E-state index is 0.216. The minimum atomic E-state index is -0.479. The molecule has 68 valence electrons. The zero-order valence-electron chi connectivity index (χ0n) is 7.32. The van der Waals surface area contributed by atoms with Gasteiger partial charge in [-0.1, -0.05) is 6.07 Å². The van der Waals surface area contributed by atoms with Gasteiger partial charge in [-0.15, -0.1) is 0 Å². The number of primary amides is 1. The summed E-state index contributed by atoms with van der Waals surface area (Å²) in [5.74, 6) is -0.263. The van der Waals surface area contributed by atoms with Crippen LogP contribution in [0.5, 0.6) is 5.75 Å². The predicted molar refractivity (Wildman–Crippen MR) is 51.1 cm³/mol. The van der Waals surface area contributed by atoms with Crippen molar-refractivity contribution in [2.24, 2.45) is 5.73 Å². The third-order valence-corrected chi connectivity index (χ3v) is 1.68. The van der Waals surface area contributed by atoms with E-state index >= 15 is 0 Å². The highest BCUT2D eigenvalue weighted by atomic mass is 16.3. The van der Waals surface area contributed by atoms with Crippen molar-refractivity contribution in [3.63, 3.8) is 0 Å². The lowest BCUT2D eigenvalue weighted by molar-refractivity contribution is -0.113. The first kappa shape index (κ1) is 9.32. The molecule has 0 saturated heterocycles. The van der Waals surface area contributed by atoms with Crippen LogP contribution in [0.4, 0.5) is 0 Å². The molecule has 0 aromatic heterocycles. The summed E-state index contributed by atoms with van der Waals surface area (Å²) in [4.78, 5) is 10.4. The summed E-state index contributed by atoms with van der Waals surface area (Å²) in [6.45, 7) is 1.85. The van der Waals surface area contributed by atoms with Crippen molar-refractivity contribution in [1.29, 1.82) is 0 Å². The van der Waals surface area contributed by atoms with Crippen LogP contribution in [0.1, 0.15) is 11.1 Å². The van der Waals surface area contributed by atoms with Crippen molar-refractivity contribution in [3.8, 4) is 5.75 Å². The van der Waals surface area contributed by atoms with Crippen LogP contribution < -0.4 is 5.73 Å². The van der Waals surface area contributed by atoms with Gasteiger partial charge in [-0.2, -0.15) is 0 Å². The van der Waals surface area contributed by atoms with E-state index in [9.17, 15) is 4.79 Å². The molecular weight excluding hydrogens is 166 g/mol. The van der Waals surface area contributed by atoms with Gasteiger partial charge >= 0.3 is 0 Å². The van der Waals surface area contributed by atoms with E-state index < -0.39 is 5.91 Å². The Hall–Kier alpha value is -1.77. The number of phenols is 1. The number of hydrogen-bond donors (Lipinski definition) is 2. The summed E-state index contributed by atoms with van der Waals surface area (Å²) in [6, 6.07) is 4.92. The summed E-state index contributed by atoms with van der Waals surface area (Å²) >= 11 is 0. The average Bonchev–Trinajstić information content (AvgIpc) is 2.02. The number of carbonyl (C=O) groups excluding carboxylic acids is 1. The monoisotopic (exact) mass is 177 g/mol. The van der Waals surface area contributed by atoms with Crippen molar-refractivity contribution < 1.29 is 9.90 Å². The van der Waals surface area contributed by atoms with Crippen molar-refractivity contribution in [1.82, 2.24) is 0 Å². The molecule has 13 heavy (non-hydrogen) atoms. The Bertz CT molecular complexity index is 356. The van der Waals surface area contributed by atoms with Gasteiger partial charge in [0.25, 0.3) is 0 Å². The van der Waals surface area contributed by atoms with Crippen LogP contribution in [0.15, 0.2) is 24.3 Å². The Labute approximate surface area is 76.5 Å². The van der Waals surface area contributed by atoms with E-state index in [-0.39, 0.29) is 5.75 Å². The van der Waals surface area contributed by atoms with Crippen LogP contribution in [-0.4, -0.2) is 11.0 Å². The highest BCUT2D eigenvalue weighted by Gasteiger charge is 1.95. The molecule has 0 aliphatic heterocycles. The van der Waals surface area contributed by atoms with Gasteiger partial charge in [0.05, 0.1) is 0 Å². The molecule has 1 aromatic carbocycles. The number of hydrogen-bond acceptors (Lipinski definition) is 2. The second-order valence-corrected chi connectivity index (χ2v) is 2.78. The summed E-state index contributed by atoms with van der Waals surface area (Å²) < 4.78 is 0. The summed E-state index contributed by atoms with van der Waals surface area (Å²) in [7, 11) is 0. The smallest absolute Gasteiger partial charge is 0.241 e. The number of nitrogens with two attached hydrogens (primary N) is 1. The molecule has 0 fully saturated rings. The molecule has 3 nitrogen and oxygen atoms in total. The molecule has 0 heterocycles. The zero-order chi connectivity index (χ0) is 9.84. The molecule has 0 unspecified atom stereocenters. The van der Waals surface area contributed by atoms with Crippen LogP contribution in [0.3, 0.4) is 0 Å². The molecular formula is C10H11NO2. The number of aryl methyl sites for hydroxylation is 1. The van der Waals surface area contributed by atoms with E-state index in [1.165, 1.54) is 6.08 Å². The average molecular weight is 177 g/mol. The van der Waals surface area contributed by atoms with Gasteiger partial charge in [0.1, 0.15) is 5.75 Å². The molecule has 1 amide bonds. The quantitative estimate of drug-likeness (QED) is 0.666. The van der Waals surface area contributed by atoms with Crippen molar-refractivity contribution >= 4 is 12.0 Å². The summed E-state index contributed by atoms with van der Waals surface area (Å²) in [5, 5.41) is 9.10. The second-order valence-electron chi connectivity index (χ2n) is 2.78. The predicted octanol–water partition coefficient (Wildman–Crippen LogP) is 1.20. The Balaban J connectivity index is 2.96. The van der Waals surface area contributed by atoms with Gasteiger partial charge in [0.15, 0.2) is 0 Å². The Morgan fingerprint density at radius 2 is 2.23 bits per heavy atom. The molecule has 3 N–H and O–H groups in total. The van der Waals surface area contributed by atoms with Crippen LogP contribution in [-0.2, 0) is 4.79 Å². The zero-order valence-corrected chi connectivity index (χ0v) is 7.32. The molecule has 0 radical (unpaired) electrons. The van der Waals surface area contributed by atoms with Crippen LogP contribution in [0.2, 0.25) is 0 Å². The fraction of sp³-hybridized carbons (Fsp3) is 0.100. The van der Waals surface area contributed by atoms with Gasteiger partial charge in [-0.25, -0.2) is 0 Å². The maximum atomic E-state index is 10.4. The first-order valence-electron chi connectivity index (χ1n) is 3.87.